The standard InChI is InChI=1S/C12H19FNOP/c1-3-6-14-7-8-15-12-5-4-10(16-2)9-11(12)13/h4-5,9,14,16H,3,6-8H2,1-2H3. The van der Waals surface area contributed by atoms with Gasteiger partial charge in [0.25, 0.3) is 0 Å². The van der Waals surface area contributed by atoms with Crippen LogP contribution in [0.4, 0.5) is 4.39 Å². The van der Waals surface area contributed by atoms with Gasteiger partial charge in [-0.05, 0) is 37.1 Å². The molecule has 90 valence electrons. The first kappa shape index (κ1) is 13.4. The van der Waals surface area contributed by atoms with Crippen LogP contribution in [0.15, 0.2) is 18.2 Å². The van der Waals surface area contributed by atoms with Crippen LogP contribution < -0.4 is 15.4 Å². The summed E-state index contributed by atoms with van der Waals surface area (Å²) in [6, 6.07) is 5.17. The monoisotopic (exact) mass is 243 g/mol. The van der Waals surface area contributed by atoms with Gasteiger partial charge in [-0.3, -0.25) is 0 Å². The lowest BCUT2D eigenvalue weighted by Crippen LogP contribution is -2.21. The third-order valence-electron chi connectivity index (χ3n) is 2.18. The molecule has 1 atom stereocenters. The molecule has 1 aromatic carbocycles. The Balaban J connectivity index is 2.36. The van der Waals surface area contributed by atoms with E-state index in [9.17, 15) is 4.39 Å². The Hall–Kier alpha value is -0.660. The fourth-order valence-corrected chi connectivity index (χ4v) is 1.83. The second kappa shape index (κ2) is 7.59. The molecule has 0 amide bonds. The summed E-state index contributed by atoms with van der Waals surface area (Å²) in [6.07, 6.45) is 1.10. The molecule has 0 aliphatic heterocycles. The molecule has 1 N–H and O–H groups in total. The van der Waals surface area contributed by atoms with Crippen LogP contribution in [0.25, 0.3) is 0 Å². The zero-order valence-corrected chi connectivity index (χ0v) is 10.8. The zero-order valence-electron chi connectivity index (χ0n) is 9.85. The van der Waals surface area contributed by atoms with Gasteiger partial charge in [-0.15, -0.1) is 0 Å². The van der Waals surface area contributed by atoms with Gasteiger partial charge in [0, 0.05) is 6.54 Å². The van der Waals surface area contributed by atoms with Gasteiger partial charge < -0.3 is 10.1 Å². The van der Waals surface area contributed by atoms with Gasteiger partial charge >= 0.3 is 0 Å². The molecule has 1 rings (SSSR count). The molecule has 0 heterocycles. The Kier molecular flexibility index (Phi) is 6.36. The predicted octanol–water partition coefficient (Wildman–Crippen LogP) is 2.14. The van der Waals surface area contributed by atoms with E-state index in [0.717, 1.165) is 24.8 Å². The second-order valence-electron chi connectivity index (χ2n) is 3.49. The van der Waals surface area contributed by atoms with Crippen molar-refractivity contribution >= 4 is 13.9 Å². The molecule has 1 unspecified atom stereocenters. The van der Waals surface area contributed by atoms with Crippen LogP contribution in [0.3, 0.4) is 0 Å². The molecule has 0 bridgehead atoms. The van der Waals surface area contributed by atoms with Crippen molar-refractivity contribution in [1.29, 1.82) is 0 Å². The summed E-state index contributed by atoms with van der Waals surface area (Å²) >= 11 is 0. The Morgan fingerprint density at radius 2 is 2.19 bits per heavy atom. The first-order valence-electron chi connectivity index (χ1n) is 5.58. The van der Waals surface area contributed by atoms with E-state index in [2.05, 4.69) is 12.2 Å². The van der Waals surface area contributed by atoms with E-state index >= 15 is 0 Å². The highest BCUT2D eigenvalue weighted by Gasteiger charge is 2.03. The number of benzene rings is 1. The van der Waals surface area contributed by atoms with Gasteiger partial charge in [0.15, 0.2) is 11.6 Å². The highest BCUT2D eigenvalue weighted by Crippen LogP contribution is 2.17. The van der Waals surface area contributed by atoms with Crippen LogP contribution in [0.2, 0.25) is 0 Å². The molecule has 0 aliphatic carbocycles. The van der Waals surface area contributed by atoms with E-state index in [-0.39, 0.29) is 5.82 Å². The predicted molar refractivity (Wildman–Crippen MR) is 68.9 cm³/mol. The van der Waals surface area contributed by atoms with Crippen LogP contribution in [-0.4, -0.2) is 26.4 Å². The summed E-state index contributed by atoms with van der Waals surface area (Å²) < 4.78 is 18.8. The first-order valence-corrected chi connectivity index (χ1v) is 7.08. The molecule has 0 saturated carbocycles. The van der Waals surface area contributed by atoms with Crippen LogP contribution in [-0.2, 0) is 0 Å². The van der Waals surface area contributed by atoms with Crippen molar-refractivity contribution in [1.82, 2.24) is 5.32 Å². The van der Waals surface area contributed by atoms with Gasteiger partial charge in [0.1, 0.15) is 6.61 Å². The van der Waals surface area contributed by atoms with Crippen molar-refractivity contribution in [2.24, 2.45) is 0 Å². The maximum absolute atomic E-state index is 13.5. The topological polar surface area (TPSA) is 21.3 Å². The molecule has 4 heteroatoms. The summed E-state index contributed by atoms with van der Waals surface area (Å²) in [4.78, 5) is 0. The van der Waals surface area contributed by atoms with Crippen molar-refractivity contribution in [3.63, 3.8) is 0 Å². The quantitative estimate of drug-likeness (QED) is 0.585. The SMILES string of the molecule is CCCNCCOc1ccc(PC)cc1F. The minimum atomic E-state index is -0.262. The number of hydrogen-bond acceptors (Lipinski definition) is 2. The molecule has 0 aliphatic rings. The molecule has 2 nitrogen and oxygen atoms in total. The number of ether oxygens (including phenoxy) is 1. The van der Waals surface area contributed by atoms with Crippen molar-refractivity contribution < 1.29 is 9.13 Å². The molecule has 0 fully saturated rings. The molecule has 0 spiro atoms. The number of halogens is 1. The average molecular weight is 243 g/mol. The smallest absolute Gasteiger partial charge is 0.165 e. The normalized spacial score (nSPS) is 11.2. The summed E-state index contributed by atoms with van der Waals surface area (Å²) in [5.41, 5.74) is 0. The van der Waals surface area contributed by atoms with Gasteiger partial charge in [-0.25, -0.2) is 4.39 Å². The van der Waals surface area contributed by atoms with Crippen LogP contribution in [0.5, 0.6) is 5.75 Å². The van der Waals surface area contributed by atoms with E-state index in [1.165, 1.54) is 0 Å². The lowest BCUT2D eigenvalue weighted by Gasteiger charge is -2.08. The third kappa shape index (κ3) is 4.46. The number of hydrogen-bond donors (Lipinski definition) is 1. The summed E-state index contributed by atoms with van der Waals surface area (Å²) in [6.45, 7) is 6.37. The Bertz CT molecular complexity index is 320. The summed E-state index contributed by atoms with van der Waals surface area (Å²) in [7, 11) is 0.617. The second-order valence-corrected chi connectivity index (χ2v) is 4.57. The van der Waals surface area contributed by atoms with E-state index < -0.39 is 0 Å². The van der Waals surface area contributed by atoms with E-state index in [4.69, 9.17) is 4.74 Å². The Morgan fingerprint density at radius 3 is 2.81 bits per heavy atom. The Morgan fingerprint density at radius 1 is 1.38 bits per heavy atom. The zero-order chi connectivity index (χ0) is 11.8. The average Bonchev–Trinajstić information content (AvgIpc) is 2.30. The number of rotatable bonds is 7. The largest absolute Gasteiger partial charge is 0.489 e. The third-order valence-corrected chi connectivity index (χ3v) is 3.07. The lowest BCUT2D eigenvalue weighted by atomic mass is 10.3. The molecular formula is C12H19FNOP. The van der Waals surface area contributed by atoms with Gasteiger partial charge in [-0.1, -0.05) is 21.6 Å². The Labute approximate surface area is 98.4 Å². The van der Waals surface area contributed by atoms with Gasteiger partial charge in [-0.2, -0.15) is 0 Å². The maximum Gasteiger partial charge on any atom is 0.165 e. The van der Waals surface area contributed by atoms with Gasteiger partial charge in [0.2, 0.25) is 0 Å². The van der Waals surface area contributed by atoms with Crippen molar-refractivity contribution in [3.05, 3.63) is 24.0 Å². The minimum Gasteiger partial charge on any atom is -0.489 e. The lowest BCUT2D eigenvalue weighted by molar-refractivity contribution is 0.299. The van der Waals surface area contributed by atoms with E-state index in [0.29, 0.717) is 20.9 Å². The fourth-order valence-electron chi connectivity index (χ4n) is 1.31. The molecule has 0 radical (unpaired) electrons. The van der Waals surface area contributed by atoms with Crippen molar-refractivity contribution in [2.45, 2.75) is 13.3 Å². The molecule has 0 aromatic heterocycles. The highest BCUT2D eigenvalue weighted by molar-refractivity contribution is 7.46. The minimum absolute atomic E-state index is 0.262. The molecule has 16 heavy (non-hydrogen) atoms. The molecule has 0 saturated heterocycles. The van der Waals surface area contributed by atoms with Gasteiger partial charge in [0.05, 0.1) is 0 Å². The molecule has 1 aromatic rings. The molecular weight excluding hydrogens is 224 g/mol. The van der Waals surface area contributed by atoms with Crippen molar-refractivity contribution in [2.75, 3.05) is 26.4 Å². The summed E-state index contributed by atoms with van der Waals surface area (Å²) in [5, 5.41) is 4.22. The van der Waals surface area contributed by atoms with Crippen LogP contribution in [0, 0.1) is 5.82 Å². The van der Waals surface area contributed by atoms with Crippen LogP contribution in [0.1, 0.15) is 13.3 Å². The van der Waals surface area contributed by atoms with E-state index in [1.54, 1.807) is 12.1 Å². The maximum atomic E-state index is 13.5. The first-order chi connectivity index (χ1) is 7.77. The van der Waals surface area contributed by atoms with Crippen LogP contribution >= 0.6 is 8.58 Å². The fraction of sp³-hybridized carbons (Fsp3) is 0.500. The summed E-state index contributed by atoms with van der Waals surface area (Å²) in [5.74, 6) is 0.0858. The van der Waals surface area contributed by atoms with Crippen molar-refractivity contribution in [3.8, 4) is 5.75 Å². The number of nitrogens with one attached hydrogen (secondary N) is 1. The highest BCUT2D eigenvalue weighted by atomic mass is 31.1. The van der Waals surface area contributed by atoms with E-state index in [1.807, 2.05) is 12.7 Å².